The van der Waals surface area contributed by atoms with Crippen LogP contribution >= 0.6 is 0 Å². The normalized spacial score (nSPS) is 31.5. The summed E-state index contributed by atoms with van der Waals surface area (Å²) < 4.78 is 0. The van der Waals surface area contributed by atoms with E-state index in [0.717, 1.165) is 6.42 Å². The van der Waals surface area contributed by atoms with Crippen molar-refractivity contribution in [2.24, 2.45) is 5.92 Å². The number of hydrogen-bond donors (Lipinski definition) is 1. The van der Waals surface area contributed by atoms with Crippen LogP contribution in [0.25, 0.3) is 0 Å². The molecule has 3 aliphatic rings. The van der Waals surface area contributed by atoms with Gasteiger partial charge in [0.25, 0.3) is 0 Å². The second-order valence-electron chi connectivity index (χ2n) is 7.17. The second kappa shape index (κ2) is 4.95. The average Bonchev–Trinajstić information content (AvgIpc) is 2.74. The molecule has 0 aromatic carbocycles. The predicted molar refractivity (Wildman–Crippen MR) is 77.5 cm³/mol. The summed E-state index contributed by atoms with van der Waals surface area (Å²) in [6, 6.07) is 0.231. The van der Waals surface area contributed by atoms with E-state index in [1.54, 1.807) is 6.92 Å². The van der Waals surface area contributed by atoms with Crippen LogP contribution < -0.4 is 0 Å². The predicted octanol–water partition coefficient (Wildman–Crippen LogP) is -0.479. The number of carbonyl (C=O) groups excluding carboxylic acids is 2. The summed E-state index contributed by atoms with van der Waals surface area (Å²) in [7, 11) is 0. The topological polar surface area (TPSA) is 64.1 Å². The molecule has 6 nitrogen and oxygen atoms in total. The van der Waals surface area contributed by atoms with E-state index in [-0.39, 0.29) is 35.4 Å². The highest BCUT2D eigenvalue weighted by Crippen LogP contribution is 2.39. The van der Waals surface area contributed by atoms with E-state index in [0.29, 0.717) is 32.7 Å². The lowest BCUT2D eigenvalue weighted by Crippen LogP contribution is -2.79. The van der Waals surface area contributed by atoms with Crippen LogP contribution in [0.1, 0.15) is 27.2 Å². The molecule has 118 valence electrons. The molecule has 0 aromatic rings. The summed E-state index contributed by atoms with van der Waals surface area (Å²) in [5.41, 5.74) is -0.142. The van der Waals surface area contributed by atoms with Gasteiger partial charge in [-0.1, -0.05) is 13.8 Å². The molecule has 2 amide bonds. The monoisotopic (exact) mass is 295 g/mol. The lowest BCUT2D eigenvalue weighted by atomic mass is 9.83. The Morgan fingerprint density at radius 1 is 1.14 bits per heavy atom. The van der Waals surface area contributed by atoms with Gasteiger partial charge in [0.2, 0.25) is 11.8 Å². The highest BCUT2D eigenvalue weighted by Gasteiger charge is 2.57. The number of nitrogens with zero attached hydrogens (tertiary/aromatic N) is 3. The number of aliphatic hydroxyl groups is 1. The number of likely N-dealkylation sites (tertiary alicyclic amines) is 1. The molecule has 0 radical (unpaired) electrons. The standard InChI is InChI=1S/C15H25N3O3/c1-10(2)14(21)17-8-15(9-17)7-16(11(3)19)5-12-4-13(20)6-18(12)15/h10,12-13,20H,4-9H2,1-3H3. The van der Waals surface area contributed by atoms with Crippen molar-refractivity contribution in [3.05, 3.63) is 0 Å². The fourth-order valence-corrected chi connectivity index (χ4v) is 4.12. The van der Waals surface area contributed by atoms with Gasteiger partial charge in [0, 0.05) is 51.6 Å². The minimum absolute atomic E-state index is 0.00909. The van der Waals surface area contributed by atoms with E-state index < -0.39 is 0 Å². The Kier molecular flexibility index (Phi) is 3.48. The molecule has 1 spiro atoms. The van der Waals surface area contributed by atoms with Gasteiger partial charge < -0.3 is 14.9 Å². The zero-order valence-electron chi connectivity index (χ0n) is 13.1. The van der Waals surface area contributed by atoms with E-state index in [1.807, 2.05) is 23.6 Å². The molecule has 2 unspecified atom stereocenters. The van der Waals surface area contributed by atoms with Crippen molar-refractivity contribution in [3.63, 3.8) is 0 Å². The van der Waals surface area contributed by atoms with Gasteiger partial charge in [0.15, 0.2) is 0 Å². The van der Waals surface area contributed by atoms with Crippen LogP contribution in [-0.2, 0) is 9.59 Å². The molecular formula is C15H25N3O3. The summed E-state index contributed by atoms with van der Waals surface area (Å²) in [5.74, 6) is 0.274. The number of carbonyl (C=O) groups is 2. The quantitative estimate of drug-likeness (QED) is 0.710. The van der Waals surface area contributed by atoms with Crippen LogP contribution in [0.15, 0.2) is 0 Å². The van der Waals surface area contributed by atoms with Crippen LogP contribution in [0, 0.1) is 5.92 Å². The smallest absolute Gasteiger partial charge is 0.225 e. The van der Waals surface area contributed by atoms with E-state index in [1.165, 1.54) is 0 Å². The molecule has 3 aliphatic heterocycles. The fraction of sp³-hybridized carbons (Fsp3) is 0.867. The van der Waals surface area contributed by atoms with Crippen molar-refractivity contribution in [1.29, 1.82) is 0 Å². The average molecular weight is 295 g/mol. The highest BCUT2D eigenvalue weighted by atomic mass is 16.3. The Labute approximate surface area is 125 Å². The maximum atomic E-state index is 12.1. The minimum atomic E-state index is -0.311. The maximum Gasteiger partial charge on any atom is 0.225 e. The van der Waals surface area contributed by atoms with E-state index in [4.69, 9.17) is 0 Å². The molecule has 2 atom stereocenters. The third-order valence-corrected chi connectivity index (χ3v) is 5.14. The van der Waals surface area contributed by atoms with Crippen molar-refractivity contribution < 1.29 is 14.7 Å². The van der Waals surface area contributed by atoms with Crippen molar-refractivity contribution in [1.82, 2.24) is 14.7 Å². The minimum Gasteiger partial charge on any atom is -0.392 e. The SMILES string of the molecule is CC(=O)N1CC2CC(O)CN2C2(C1)CN(C(=O)C(C)C)C2. The van der Waals surface area contributed by atoms with Crippen LogP contribution in [0.3, 0.4) is 0 Å². The van der Waals surface area contributed by atoms with Crippen LogP contribution in [0.5, 0.6) is 0 Å². The molecule has 0 bridgehead atoms. The van der Waals surface area contributed by atoms with E-state index in [2.05, 4.69) is 4.90 Å². The first-order valence-corrected chi connectivity index (χ1v) is 7.81. The third-order valence-electron chi connectivity index (χ3n) is 5.14. The Hall–Kier alpha value is -1.14. The molecule has 0 aromatic heterocycles. The molecule has 0 aliphatic carbocycles. The van der Waals surface area contributed by atoms with Crippen LogP contribution in [0.2, 0.25) is 0 Å². The van der Waals surface area contributed by atoms with Crippen LogP contribution in [-0.4, -0.2) is 82.0 Å². The number of aliphatic hydroxyl groups excluding tert-OH is 1. The number of rotatable bonds is 1. The Morgan fingerprint density at radius 3 is 2.33 bits per heavy atom. The van der Waals surface area contributed by atoms with Gasteiger partial charge in [0.1, 0.15) is 0 Å². The number of piperazine rings is 1. The molecule has 6 heteroatoms. The van der Waals surface area contributed by atoms with Gasteiger partial charge in [-0.05, 0) is 6.42 Å². The van der Waals surface area contributed by atoms with Gasteiger partial charge in [-0.25, -0.2) is 0 Å². The van der Waals surface area contributed by atoms with Gasteiger partial charge in [-0.2, -0.15) is 0 Å². The first-order valence-electron chi connectivity index (χ1n) is 7.81. The lowest BCUT2D eigenvalue weighted by molar-refractivity contribution is -0.163. The summed E-state index contributed by atoms with van der Waals surface area (Å²) >= 11 is 0. The summed E-state index contributed by atoms with van der Waals surface area (Å²) in [4.78, 5) is 30.0. The zero-order chi connectivity index (χ0) is 15.4. The summed E-state index contributed by atoms with van der Waals surface area (Å²) in [5, 5.41) is 9.97. The lowest BCUT2D eigenvalue weighted by Gasteiger charge is -2.61. The molecule has 3 heterocycles. The van der Waals surface area contributed by atoms with Gasteiger partial charge in [-0.15, -0.1) is 0 Å². The zero-order valence-corrected chi connectivity index (χ0v) is 13.1. The van der Waals surface area contributed by atoms with E-state index >= 15 is 0 Å². The Morgan fingerprint density at radius 2 is 1.76 bits per heavy atom. The van der Waals surface area contributed by atoms with Crippen molar-refractivity contribution in [3.8, 4) is 0 Å². The largest absolute Gasteiger partial charge is 0.392 e. The van der Waals surface area contributed by atoms with Gasteiger partial charge >= 0.3 is 0 Å². The van der Waals surface area contributed by atoms with Crippen LogP contribution in [0.4, 0.5) is 0 Å². The van der Waals surface area contributed by atoms with Gasteiger partial charge in [0.05, 0.1) is 11.6 Å². The molecule has 3 fully saturated rings. The number of β-amino-alcohol motifs (C(OH)–C–C–N with tert-alkyl or cyclic N) is 1. The Balaban J connectivity index is 1.77. The molecule has 21 heavy (non-hydrogen) atoms. The molecule has 3 rings (SSSR count). The van der Waals surface area contributed by atoms with Crippen molar-refractivity contribution in [2.45, 2.75) is 44.9 Å². The number of fused-ring (bicyclic) bond motifs is 2. The molecular weight excluding hydrogens is 270 g/mol. The summed E-state index contributed by atoms with van der Waals surface area (Å²) in [6.45, 7) is 8.83. The van der Waals surface area contributed by atoms with Crippen molar-refractivity contribution in [2.75, 3.05) is 32.7 Å². The summed E-state index contributed by atoms with van der Waals surface area (Å²) in [6.07, 6.45) is 0.414. The van der Waals surface area contributed by atoms with E-state index in [9.17, 15) is 14.7 Å². The first kappa shape index (κ1) is 14.8. The van der Waals surface area contributed by atoms with Gasteiger partial charge in [-0.3, -0.25) is 14.5 Å². The van der Waals surface area contributed by atoms with Crippen molar-refractivity contribution >= 4 is 11.8 Å². The number of amides is 2. The second-order valence-corrected chi connectivity index (χ2v) is 7.17. The Bertz CT molecular complexity index is 459. The molecule has 3 saturated heterocycles. The molecule has 1 N–H and O–H groups in total. The maximum absolute atomic E-state index is 12.1. The third kappa shape index (κ3) is 2.34. The number of hydrogen-bond acceptors (Lipinski definition) is 4. The highest BCUT2D eigenvalue weighted by molar-refractivity contribution is 5.79. The fourth-order valence-electron chi connectivity index (χ4n) is 4.12. The molecule has 0 saturated carbocycles. The first-order chi connectivity index (χ1) is 9.82.